The number of aliphatic hydroxyl groups excluding tert-OH is 1. The molecule has 42 heavy (non-hydrogen) atoms. The summed E-state index contributed by atoms with van der Waals surface area (Å²) >= 11 is 0. The predicted octanol–water partition coefficient (Wildman–Crippen LogP) is 2.69. The molecule has 0 saturated carbocycles. The van der Waals surface area contributed by atoms with Gasteiger partial charge in [0.05, 0.1) is 22.5 Å². The number of β-amino-alcohol motifs (C(OH)–C–C–N with tert-alkyl or cyclic N) is 1. The van der Waals surface area contributed by atoms with E-state index in [2.05, 4.69) is 0 Å². The number of nitro groups is 2. The standard InChI is InChI=1S/C27H31N5O10/c1-28(26(35)41-16-18-2-6-21(7-3-18)31(37)38)13-20-10-11-29(14-20)25(34)24-12-23(33)15-30(24)27(36)42-17-19-4-8-22(9-5-19)32(39)40/h2-9,20,23-24,33H,10-17H2,1H3/t20-,23-,24+/m1/s1. The van der Waals surface area contributed by atoms with Crippen LogP contribution in [0.1, 0.15) is 24.0 Å². The van der Waals surface area contributed by atoms with Crippen LogP contribution in [0.2, 0.25) is 0 Å². The van der Waals surface area contributed by atoms with Gasteiger partial charge in [-0.25, -0.2) is 9.59 Å². The summed E-state index contributed by atoms with van der Waals surface area (Å²) < 4.78 is 10.6. The second-order valence-corrected chi connectivity index (χ2v) is 10.3. The summed E-state index contributed by atoms with van der Waals surface area (Å²) in [5, 5.41) is 31.8. The van der Waals surface area contributed by atoms with Crippen molar-refractivity contribution in [1.29, 1.82) is 0 Å². The van der Waals surface area contributed by atoms with Crippen molar-refractivity contribution in [2.24, 2.45) is 5.92 Å². The predicted molar refractivity (Wildman–Crippen MR) is 145 cm³/mol. The largest absolute Gasteiger partial charge is 0.445 e. The van der Waals surface area contributed by atoms with Gasteiger partial charge in [0.25, 0.3) is 11.4 Å². The monoisotopic (exact) mass is 585 g/mol. The number of aliphatic hydroxyl groups is 1. The third-order valence-corrected chi connectivity index (χ3v) is 7.26. The number of nitrogens with zero attached hydrogens (tertiary/aromatic N) is 5. The van der Waals surface area contributed by atoms with Crippen molar-refractivity contribution < 1.29 is 38.8 Å². The fourth-order valence-corrected chi connectivity index (χ4v) is 5.02. The second kappa shape index (κ2) is 13.2. The molecule has 2 aromatic carbocycles. The fourth-order valence-electron chi connectivity index (χ4n) is 5.02. The van der Waals surface area contributed by atoms with Gasteiger partial charge in [0.1, 0.15) is 19.3 Å². The van der Waals surface area contributed by atoms with Crippen LogP contribution in [0.4, 0.5) is 21.0 Å². The summed E-state index contributed by atoms with van der Waals surface area (Å²) in [7, 11) is 1.58. The normalized spacial score (nSPS) is 19.8. The van der Waals surface area contributed by atoms with Crippen molar-refractivity contribution in [3.63, 3.8) is 0 Å². The molecule has 2 aliphatic heterocycles. The molecule has 224 valence electrons. The zero-order valence-electron chi connectivity index (χ0n) is 22.9. The van der Waals surface area contributed by atoms with Gasteiger partial charge in [0.15, 0.2) is 0 Å². The molecular formula is C27H31N5O10. The van der Waals surface area contributed by atoms with Crippen molar-refractivity contribution in [2.75, 3.05) is 33.2 Å². The number of likely N-dealkylation sites (tertiary alicyclic amines) is 2. The maximum atomic E-state index is 13.3. The third kappa shape index (κ3) is 7.48. The van der Waals surface area contributed by atoms with E-state index >= 15 is 0 Å². The number of carbonyl (C=O) groups excluding carboxylic acids is 3. The number of ether oxygens (including phenoxy) is 2. The van der Waals surface area contributed by atoms with Gasteiger partial charge in [0, 0.05) is 57.4 Å². The highest BCUT2D eigenvalue weighted by atomic mass is 16.6. The van der Waals surface area contributed by atoms with Gasteiger partial charge in [-0.15, -0.1) is 0 Å². The summed E-state index contributed by atoms with van der Waals surface area (Å²) in [5.41, 5.74) is 0.994. The number of amides is 3. The average Bonchev–Trinajstić information content (AvgIpc) is 3.61. The highest BCUT2D eigenvalue weighted by Gasteiger charge is 2.43. The molecule has 15 heteroatoms. The smallest absolute Gasteiger partial charge is 0.410 e. The number of non-ortho nitro benzene ring substituents is 2. The molecule has 2 saturated heterocycles. The maximum absolute atomic E-state index is 13.3. The first-order chi connectivity index (χ1) is 20.0. The molecule has 0 spiro atoms. The molecule has 0 unspecified atom stereocenters. The van der Waals surface area contributed by atoms with Gasteiger partial charge in [-0.2, -0.15) is 0 Å². The molecule has 2 fully saturated rings. The van der Waals surface area contributed by atoms with Crippen molar-refractivity contribution >= 4 is 29.5 Å². The Labute approximate surface area is 240 Å². The first-order valence-corrected chi connectivity index (χ1v) is 13.3. The highest BCUT2D eigenvalue weighted by Crippen LogP contribution is 2.26. The van der Waals surface area contributed by atoms with Crippen LogP contribution in [0.3, 0.4) is 0 Å². The van der Waals surface area contributed by atoms with Crippen LogP contribution in [0, 0.1) is 26.1 Å². The SMILES string of the molecule is CN(C[C@H]1CCN(C(=O)[C@@H]2C[C@@H](O)CN2C(=O)OCc2ccc([N+](=O)[O-])cc2)C1)C(=O)OCc1ccc([N+](=O)[O-])cc1. The first kappa shape index (κ1) is 30.2. The van der Waals surface area contributed by atoms with Crippen LogP contribution in [-0.4, -0.2) is 93.1 Å². The topological polar surface area (TPSA) is 186 Å². The van der Waals surface area contributed by atoms with E-state index in [1.165, 1.54) is 58.3 Å². The molecular weight excluding hydrogens is 554 g/mol. The summed E-state index contributed by atoms with van der Waals surface area (Å²) in [6.07, 6.45) is -1.53. The molecule has 2 heterocycles. The zero-order chi connectivity index (χ0) is 30.4. The molecule has 15 nitrogen and oxygen atoms in total. The van der Waals surface area contributed by atoms with Gasteiger partial charge in [-0.05, 0) is 47.7 Å². The molecule has 0 bridgehead atoms. The maximum Gasteiger partial charge on any atom is 0.410 e. The van der Waals surface area contributed by atoms with Crippen LogP contribution >= 0.6 is 0 Å². The Balaban J connectivity index is 1.25. The van der Waals surface area contributed by atoms with E-state index in [0.717, 1.165) is 0 Å². The summed E-state index contributed by atoms with van der Waals surface area (Å²) in [6, 6.07) is 10.3. The van der Waals surface area contributed by atoms with E-state index in [1.807, 2.05) is 0 Å². The Morgan fingerprint density at radius 1 is 0.929 bits per heavy atom. The molecule has 2 aliphatic rings. The summed E-state index contributed by atoms with van der Waals surface area (Å²) in [4.78, 5) is 63.3. The number of hydrogen-bond donors (Lipinski definition) is 1. The van der Waals surface area contributed by atoms with Gasteiger partial charge in [-0.3, -0.25) is 29.9 Å². The van der Waals surface area contributed by atoms with E-state index in [-0.39, 0.29) is 49.4 Å². The number of rotatable bonds is 9. The van der Waals surface area contributed by atoms with E-state index in [1.54, 1.807) is 11.9 Å². The van der Waals surface area contributed by atoms with Crippen LogP contribution < -0.4 is 0 Å². The molecule has 0 aromatic heterocycles. The summed E-state index contributed by atoms with van der Waals surface area (Å²) in [6.45, 7) is 0.858. The van der Waals surface area contributed by atoms with Gasteiger partial charge in [0.2, 0.25) is 5.91 Å². The third-order valence-electron chi connectivity index (χ3n) is 7.26. The van der Waals surface area contributed by atoms with Crippen LogP contribution in [0.5, 0.6) is 0 Å². The molecule has 1 N–H and O–H groups in total. The van der Waals surface area contributed by atoms with Crippen molar-refractivity contribution in [2.45, 2.75) is 38.2 Å². The Hall–Kier alpha value is -4.79. The Morgan fingerprint density at radius 2 is 1.48 bits per heavy atom. The van der Waals surface area contributed by atoms with E-state index in [0.29, 0.717) is 37.2 Å². The lowest BCUT2D eigenvalue weighted by atomic mass is 10.1. The zero-order valence-corrected chi connectivity index (χ0v) is 22.9. The Bertz CT molecular complexity index is 1320. The molecule has 2 aromatic rings. The number of hydrogen-bond acceptors (Lipinski definition) is 10. The number of carbonyl (C=O) groups is 3. The average molecular weight is 586 g/mol. The second-order valence-electron chi connectivity index (χ2n) is 10.3. The summed E-state index contributed by atoms with van der Waals surface area (Å²) in [5.74, 6) is -0.343. The van der Waals surface area contributed by atoms with Crippen LogP contribution in [0.15, 0.2) is 48.5 Å². The quantitative estimate of drug-likeness (QED) is 0.339. The van der Waals surface area contributed by atoms with Crippen molar-refractivity contribution in [3.05, 3.63) is 79.9 Å². The van der Waals surface area contributed by atoms with Crippen LogP contribution in [0.25, 0.3) is 0 Å². The highest BCUT2D eigenvalue weighted by molar-refractivity contribution is 5.86. The molecule has 0 radical (unpaired) electrons. The molecule has 0 aliphatic carbocycles. The van der Waals surface area contributed by atoms with Gasteiger partial charge < -0.3 is 24.4 Å². The first-order valence-electron chi connectivity index (χ1n) is 13.3. The lowest BCUT2D eigenvalue weighted by Crippen LogP contribution is -2.47. The molecule has 4 rings (SSSR count). The van der Waals surface area contributed by atoms with Crippen LogP contribution in [-0.2, 0) is 27.5 Å². The van der Waals surface area contributed by atoms with Gasteiger partial charge in [-0.1, -0.05) is 0 Å². The number of benzene rings is 2. The van der Waals surface area contributed by atoms with E-state index < -0.39 is 34.2 Å². The Kier molecular flexibility index (Phi) is 9.52. The lowest BCUT2D eigenvalue weighted by molar-refractivity contribution is -0.385. The van der Waals surface area contributed by atoms with Crippen molar-refractivity contribution in [1.82, 2.24) is 14.7 Å². The Morgan fingerprint density at radius 3 is 2.02 bits per heavy atom. The number of nitro benzene ring substituents is 2. The van der Waals surface area contributed by atoms with E-state index in [9.17, 15) is 39.7 Å². The minimum Gasteiger partial charge on any atom is -0.445 e. The van der Waals surface area contributed by atoms with E-state index in [4.69, 9.17) is 9.47 Å². The van der Waals surface area contributed by atoms with Crippen molar-refractivity contribution in [3.8, 4) is 0 Å². The lowest BCUT2D eigenvalue weighted by Gasteiger charge is -2.27. The fraction of sp³-hybridized carbons (Fsp3) is 0.444. The molecule has 3 amide bonds. The van der Waals surface area contributed by atoms with Gasteiger partial charge >= 0.3 is 12.2 Å². The minimum atomic E-state index is -0.896. The minimum absolute atomic E-state index is 0.0280. The molecule has 3 atom stereocenters.